The first-order chi connectivity index (χ1) is 10.4. The van der Waals surface area contributed by atoms with Gasteiger partial charge < -0.3 is 10.2 Å². The molecule has 0 atom stereocenters. The number of aromatic hydroxyl groups is 2. The molecule has 4 heteroatoms. The minimum atomic E-state index is -0.620. The second-order valence-corrected chi connectivity index (χ2v) is 5.45. The highest BCUT2D eigenvalue weighted by Gasteiger charge is 2.16. The lowest BCUT2D eigenvalue weighted by Gasteiger charge is -2.12. The third-order valence-corrected chi connectivity index (χ3v) is 3.94. The van der Waals surface area contributed by atoms with Crippen LogP contribution < -0.4 is 0 Å². The zero-order valence-electron chi connectivity index (χ0n) is 12.2. The summed E-state index contributed by atoms with van der Waals surface area (Å²) in [5.74, 6) is -0.383. The van der Waals surface area contributed by atoms with Crippen LogP contribution in [0.2, 0.25) is 0 Å². The fourth-order valence-electron chi connectivity index (χ4n) is 2.73. The summed E-state index contributed by atoms with van der Waals surface area (Å²) in [6.07, 6.45) is 0.290. The standard InChI is InChI=1S/C18H14O4/c1-9-3-13-11(6-15(9)20)5-12-7-16(21)10(2)4-14(12)18(13)17(22)8-19/h3-8,20-21H,1-2H3. The molecule has 3 rings (SSSR count). The number of fused-ring (bicyclic) bond motifs is 2. The molecule has 0 aliphatic rings. The van der Waals surface area contributed by atoms with Crippen LogP contribution in [0, 0.1) is 13.8 Å². The Hall–Kier alpha value is -2.88. The van der Waals surface area contributed by atoms with Gasteiger partial charge in [-0.2, -0.15) is 0 Å². The number of carbonyl (C=O) groups is 2. The Balaban J connectivity index is 2.59. The van der Waals surface area contributed by atoms with Gasteiger partial charge in [-0.25, -0.2) is 0 Å². The lowest BCUT2D eigenvalue weighted by molar-refractivity contribution is -0.104. The van der Waals surface area contributed by atoms with Gasteiger partial charge in [0.15, 0.2) is 6.29 Å². The molecule has 0 aliphatic carbocycles. The van der Waals surface area contributed by atoms with E-state index in [0.29, 0.717) is 44.5 Å². The van der Waals surface area contributed by atoms with E-state index in [0.717, 1.165) is 0 Å². The third-order valence-electron chi connectivity index (χ3n) is 3.94. The summed E-state index contributed by atoms with van der Waals surface area (Å²) < 4.78 is 0. The number of ketones is 1. The van der Waals surface area contributed by atoms with Gasteiger partial charge in [0.05, 0.1) is 0 Å². The van der Waals surface area contributed by atoms with E-state index in [1.54, 1.807) is 44.2 Å². The SMILES string of the molecule is Cc1cc2c(C(=O)C=O)c3cc(C)c(O)cc3cc2cc1O. The molecule has 3 aromatic rings. The maximum absolute atomic E-state index is 12.1. The normalized spacial score (nSPS) is 11.0. The Labute approximate surface area is 126 Å². The predicted molar refractivity (Wildman–Crippen MR) is 84.7 cm³/mol. The molecule has 3 aromatic carbocycles. The van der Waals surface area contributed by atoms with Gasteiger partial charge in [0, 0.05) is 5.56 Å². The molecule has 0 heterocycles. The lowest BCUT2D eigenvalue weighted by Crippen LogP contribution is -2.03. The number of rotatable bonds is 2. The van der Waals surface area contributed by atoms with Crippen LogP contribution in [0.3, 0.4) is 0 Å². The van der Waals surface area contributed by atoms with E-state index in [1.807, 2.05) is 0 Å². The summed E-state index contributed by atoms with van der Waals surface area (Å²) in [5, 5.41) is 22.3. The molecule has 4 nitrogen and oxygen atoms in total. The smallest absolute Gasteiger partial charge is 0.226 e. The second kappa shape index (κ2) is 4.84. The van der Waals surface area contributed by atoms with Crippen LogP contribution in [0.25, 0.3) is 21.5 Å². The van der Waals surface area contributed by atoms with Crippen molar-refractivity contribution >= 4 is 33.6 Å². The Morgan fingerprint density at radius 2 is 1.32 bits per heavy atom. The predicted octanol–water partition coefficient (Wildman–Crippen LogP) is 3.40. The first-order valence-corrected chi connectivity index (χ1v) is 6.81. The highest BCUT2D eigenvalue weighted by Crippen LogP contribution is 2.35. The molecule has 0 aromatic heterocycles. The number of phenols is 2. The van der Waals surface area contributed by atoms with Gasteiger partial charge >= 0.3 is 0 Å². The summed E-state index contributed by atoms with van der Waals surface area (Å²) in [4.78, 5) is 23.2. The van der Waals surface area contributed by atoms with Gasteiger partial charge in [-0.3, -0.25) is 9.59 Å². The first-order valence-electron chi connectivity index (χ1n) is 6.81. The number of hydrogen-bond donors (Lipinski definition) is 2. The van der Waals surface area contributed by atoms with E-state index in [1.165, 1.54) is 0 Å². The van der Waals surface area contributed by atoms with E-state index < -0.39 is 5.78 Å². The van der Waals surface area contributed by atoms with Gasteiger partial charge in [0.25, 0.3) is 0 Å². The molecule has 110 valence electrons. The molecular weight excluding hydrogens is 280 g/mol. The van der Waals surface area contributed by atoms with Crippen LogP contribution in [0.4, 0.5) is 0 Å². The lowest BCUT2D eigenvalue weighted by atomic mass is 9.92. The molecule has 2 N–H and O–H groups in total. The van der Waals surface area contributed by atoms with Crippen molar-refractivity contribution < 1.29 is 19.8 Å². The van der Waals surface area contributed by atoms with Crippen molar-refractivity contribution in [1.29, 1.82) is 0 Å². The van der Waals surface area contributed by atoms with Crippen molar-refractivity contribution in [2.75, 3.05) is 0 Å². The topological polar surface area (TPSA) is 74.6 Å². The highest BCUT2D eigenvalue weighted by atomic mass is 16.3. The zero-order chi connectivity index (χ0) is 16.0. The van der Waals surface area contributed by atoms with Crippen LogP contribution in [0.15, 0.2) is 30.3 Å². The molecule has 0 amide bonds. The summed E-state index contributed by atoms with van der Waals surface area (Å²) in [5.41, 5.74) is 1.55. The van der Waals surface area contributed by atoms with E-state index >= 15 is 0 Å². The van der Waals surface area contributed by atoms with Crippen LogP contribution in [0.5, 0.6) is 11.5 Å². The van der Waals surface area contributed by atoms with Gasteiger partial charge in [-0.1, -0.05) is 0 Å². The number of hydrogen-bond acceptors (Lipinski definition) is 4. The molecule has 0 spiro atoms. The number of carbonyl (C=O) groups excluding carboxylic acids is 2. The average Bonchev–Trinajstić information content (AvgIpc) is 2.48. The maximum atomic E-state index is 12.1. The summed E-state index contributed by atoms with van der Waals surface area (Å²) >= 11 is 0. The zero-order valence-corrected chi connectivity index (χ0v) is 12.2. The van der Waals surface area contributed by atoms with Gasteiger partial charge in [-0.15, -0.1) is 0 Å². The number of phenolic OH excluding ortho intramolecular Hbond substituents is 2. The molecule has 0 saturated heterocycles. The monoisotopic (exact) mass is 294 g/mol. The fraction of sp³-hybridized carbons (Fsp3) is 0.111. The van der Waals surface area contributed by atoms with E-state index in [-0.39, 0.29) is 11.5 Å². The van der Waals surface area contributed by atoms with Crippen molar-refractivity contribution in [2.45, 2.75) is 13.8 Å². The second-order valence-electron chi connectivity index (χ2n) is 5.45. The van der Waals surface area contributed by atoms with Gasteiger partial charge in [0.2, 0.25) is 5.78 Å². The minimum absolute atomic E-state index is 0.118. The number of aryl methyl sites for hydroxylation is 2. The quantitative estimate of drug-likeness (QED) is 0.329. The van der Waals surface area contributed by atoms with Crippen LogP contribution in [-0.4, -0.2) is 22.3 Å². The Morgan fingerprint density at radius 1 is 0.864 bits per heavy atom. The highest BCUT2D eigenvalue weighted by molar-refractivity contribution is 6.40. The Kier molecular flexibility index (Phi) is 3.10. The molecule has 0 aliphatic heterocycles. The Morgan fingerprint density at radius 3 is 1.73 bits per heavy atom. The van der Waals surface area contributed by atoms with Crippen molar-refractivity contribution in [2.24, 2.45) is 0 Å². The molecule has 22 heavy (non-hydrogen) atoms. The number of Topliss-reactive ketones (excluding diaryl/α,β-unsaturated/α-hetero) is 1. The van der Waals surface area contributed by atoms with Crippen LogP contribution >= 0.6 is 0 Å². The summed E-state index contributed by atoms with van der Waals surface area (Å²) in [7, 11) is 0. The number of aldehydes is 1. The fourth-order valence-corrected chi connectivity index (χ4v) is 2.73. The van der Waals surface area contributed by atoms with E-state index in [2.05, 4.69) is 0 Å². The molecular formula is C18H14O4. The summed E-state index contributed by atoms with van der Waals surface area (Å²) in [6, 6.07) is 8.29. The average molecular weight is 294 g/mol. The molecule has 0 radical (unpaired) electrons. The molecule has 0 bridgehead atoms. The third kappa shape index (κ3) is 2.00. The van der Waals surface area contributed by atoms with Crippen molar-refractivity contribution in [3.05, 3.63) is 47.0 Å². The molecule has 0 fully saturated rings. The van der Waals surface area contributed by atoms with Crippen molar-refractivity contribution in [1.82, 2.24) is 0 Å². The van der Waals surface area contributed by atoms with Gasteiger partial charge in [0.1, 0.15) is 11.5 Å². The number of benzene rings is 3. The molecule has 0 unspecified atom stereocenters. The van der Waals surface area contributed by atoms with Gasteiger partial charge in [-0.05, 0) is 76.9 Å². The van der Waals surface area contributed by atoms with Crippen LogP contribution in [0.1, 0.15) is 21.5 Å². The first kappa shape index (κ1) is 14.1. The minimum Gasteiger partial charge on any atom is -0.508 e. The maximum Gasteiger partial charge on any atom is 0.226 e. The Bertz CT molecular complexity index is 889. The van der Waals surface area contributed by atoms with Crippen molar-refractivity contribution in [3.63, 3.8) is 0 Å². The van der Waals surface area contributed by atoms with Crippen molar-refractivity contribution in [3.8, 4) is 11.5 Å². The van der Waals surface area contributed by atoms with E-state index in [4.69, 9.17) is 0 Å². The van der Waals surface area contributed by atoms with Crippen LogP contribution in [-0.2, 0) is 4.79 Å². The summed E-state index contributed by atoms with van der Waals surface area (Å²) in [6.45, 7) is 3.46. The molecule has 0 saturated carbocycles. The largest absolute Gasteiger partial charge is 0.508 e. The van der Waals surface area contributed by atoms with E-state index in [9.17, 15) is 19.8 Å².